The fourth-order valence-corrected chi connectivity index (χ4v) is 7.68. The summed E-state index contributed by atoms with van der Waals surface area (Å²) in [6, 6.07) is 55.9. The van der Waals surface area contributed by atoms with Crippen LogP contribution in [-0.2, 0) is 0 Å². The molecule has 0 atom stereocenters. The predicted octanol–water partition coefficient (Wildman–Crippen LogP) is 12.2. The molecule has 6 heteroatoms. The van der Waals surface area contributed by atoms with E-state index in [1.165, 1.54) is 0 Å². The zero-order chi connectivity index (χ0) is 35.0. The van der Waals surface area contributed by atoms with Gasteiger partial charge in [0.25, 0.3) is 0 Å². The van der Waals surface area contributed by atoms with Gasteiger partial charge in [0.1, 0.15) is 11.0 Å². The number of benzene rings is 8. The van der Waals surface area contributed by atoms with E-state index in [0.717, 1.165) is 93.5 Å². The van der Waals surface area contributed by atoms with Crippen molar-refractivity contribution >= 4 is 65.6 Å². The molecule has 53 heavy (non-hydrogen) atoms. The van der Waals surface area contributed by atoms with Crippen LogP contribution >= 0.6 is 0 Å². The van der Waals surface area contributed by atoms with E-state index in [1.807, 2.05) is 60.7 Å². The molecular weight excluding hydrogens is 653 g/mol. The number of fused-ring (bicyclic) bond motifs is 9. The Balaban J connectivity index is 1.10. The third kappa shape index (κ3) is 4.58. The third-order valence-electron chi connectivity index (χ3n) is 10.3. The number of hydrogen-bond acceptors (Lipinski definition) is 5. The lowest BCUT2D eigenvalue weighted by molar-refractivity contribution is 0.619. The normalized spacial score (nSPS) is 11.8. The van der Waals surface area contributed by atoms with Crippen molar-refractivity contribution in [3.8, 4) is 45.8 Å². The summed E-state index contributed by atoms with van der Waals surface area (Å²) >= 11 is 0. The van der Waals surface area contributed by atoms with E-state index in [-0.39, 0.29) is 0 Å². The van der Waals surface area contributed by atoms with Gasteiger partial charge in [-0.25, -0.2) is 9.97 Å². The van der Waals surface area contributed by atoms with Crippen LogP contribution in [0.2, 0.25) is 0 Å². The van der Waals surface area contributed by atoms with Crippen molar-refractivity contribution in [2.75, 3.05) is 0 Å². The van der Waals surface area contributed by atoms with Crippen LogP contribution in [-0.4, -0.2) is 14.5 Å². The minimum absolute atomic E-state index is 0.577. The second-order valence-electron chi connectivity index (χ2n) is 13.3. The van der Waals surface area contributed by atoms with E-state index in [9.17, 15) is 5.26 Å². The molecule has 0 saturated carbocycles. The lowest BCUT2D eigenvalue weighted by Gasteiger charge is -2.10. The Labute approximate surface area is 302 Å². The van der Waals surface area contributed by atoms with Crippen molar-refractivity contribution < 1.29 is 8.83 Å². The van der Waals surface area contributed by atoms with Gasteiger partial charge in [-0.1, -0.05) is 84.9 Å². The summed E-state index contributed by atoms with van der Waals surface area (Å²) in [5, 5.41) is 15.8. The summed E-state index contributed by atoms with van der Waals surface area (Å²) in [5.41, 5.74) is 10.9. The molecule has 0 radical (unpaired) electrons. The van der Waals surface area contributed by atoms with Crippen LogP contribution in [0.25, 0.3) is 105 Å². The van der Waals surface area contributed by atoms with Gasteiger partial charge in [-0.15, -0.1) is 0 Å². The van der Waals surface area contributed by atoms with Crippen LogP contribution in [0.4, 0.5) is 0 Å². The summed E-state index contributed by atoms with van der Waals surface area (Å²) in [6.45, 7) is 0. The molecule has 0 bridgehead atoms. The lowest BCUT2D eigenvalue weighted by atomic mass is 10.0. The molecule has 0 fully saturated rings. The number of nitrogens with zero attached hydrogens (tertiary/aromatic N) is 4. The van der Waals surface area contributed by atoms with Crippen molar-refractivity contribution in [3.05, 3.63) is 163 Å². The maximum absolute atomic E-state index is 9.25. The summed E-state index contributed by atoms with van der Waals surface area (Å²) in [7, 11) is 0. The van der Waals surface area contributed by atoms with Crippen LogP contribution < -0.4 is 0 Å². The molecule has 0 amide bonds. The highest BCUT2D eigenvalue weighted by molar-refractivity contribution is 6.12. The van der Waals surface area contributed by atoms with Gasteiger partial charge < -0.3 is 13.4 Å². The first-order chi connectivity index (χ1) is 26.2. The Morgan fingerprint density at radius 3 is 1.43 bits per heavy atom. The van der Waals surface area contributed by atoms with Crippen molar-refractivity contribution in [2.45, 2.75) is 0 Å². The van der Waals surface area contributed by atoms with E-state index >= 15 is 0 Å². The zero-order valence-corrected chi connectivity index (χ0v) is 28.1. The fourth-order valence-electron chi connectivity index (χ4n) is 7.68. The van der Waals surface area contributed by atoms with Gasteiger partial charge in [-0.2, -0.15) is 5.26 Å². The zero-order valence-electron chi connectivity index (χ0n) is 28.1. The van der Waals surface area contributed by atoms with Crippen LogP contribution in [0.5, 0.6) is 0 Å². The quantitative estimate of drug-likeness (QED) is 0.185. The summed E-state index contributed by atoms with van der Waals surface area (Å²) in [5.74, 6) is 1.15. The monoisotopic (exact) mass is 678 g/mol. The minimum atomic E-state index is 0.577. The average molecular weight is 679 g/mol. The molecule has 6 nitrogen and oxygen atoms in total. The summed E-state index contributed by atoms with van der Waals surface area (Å²) in [4.78, 5) is 10.0. The van der Waals surface area contributed by atoms with Crippen LogP contribution in [0.1, 0.15) is 5.56 Å². The first-order valence-electron chi connectivity index (χ1n) is 17.5. The van der Waals surface area contributed by atoms with E-state index in [4.69, 9.17) is 18.8 Å². The topological polar surface area (TPSA) is 80.8 Å². The van der Waals surface area contributed by atoms with Gasteiger partial charge in [0.2, 0.25) is 11.8 Å². The van der Waals surface area contributed by atoms with E-state index < -0.39 is 0 Å². The van der Waals surface area contributed by atoms with E-state index in [1.54, 1.807) is 0 Å². The maximum atomic E-state index is 9.25. The van der Waals surface area contributed by atoms with Crippen molar-refractivity contribution in [3.63, 3.8) is 0 Å². The third-order valence-corrected chi connectivity index (χ3v) is 10.3. The molecule has 0 aliphatic carbocycles. The molecule has 11 aromatic rings. The Hall–Kier alpha value is -7.49. The second kappa shape index (κ2) is 11.3. The molecule has 246 valence electrons. The fraction of sp³-hybridized carbons (Fsp3) is 0. The number of hydrogen-bond donors (Lipinski definition) is 0. The van der Waals surface area contributed by atoms with Crippen molar-refractivity contribution in [1.29, 1.82) is 5.26 Å². The van der Waals surface area contributed by atoms with Gasteiger partial charge in [0.15, 0.2) is 11.2 Å². The second-order valence-corrected chi connectivity index (χ2v) is 13.3. The van der Waals surface area contributed by atoms with Gasteiger partial charge >= 0.3 is 0 Å². The highest BCUT2D eigenvalue weighted by Gasteiger charge is 2.19. The van der Waals surface area contributed by atoms with Gasteiger partial charge in [0, 0.05) is 38.4 Å². The van der Waals surface area contributed by atoms with Crippen LogP contribution in [0, 0.1) is 11.3 Å². The predicted molar refractivity (Wildman–Crippen MR) is 212 cm³/mol. The molecule has 3 aromatic heterocycles. The molecule has 3 heterocycles. The highest BCUT2D eigenvalue weighted by Crippen LogP contribution is 2.39. The maximum Gasteiger partial charge on any atom is 0.227 e. The Morgan fingerprint density at radius 1 is 0.453 bits per heavy atom. The number of nitriles is 1. The van der Waals surface area contributed by atoms with E-state index in [2.05, 4.69) is 108 Å². The summed E-state index contributed by atoms with van der Waals surface area (Å²) < 4.78 is 15.1. The van der Waals surface area contributed by atoms with Gasteiger partial charge in [0.05, 0.1) is 22.7 Å². The van der Waals surface area contributed by atoms with Crippen molar-refractivity contribution in [1.82, 2.24) is 14.5 Å². The smallest absolute Gasteiger partial charge is 0.227 e. The molecule has 0 aliphatic rings. The molecule has 11 rings (SSSR count). The summed E-state index contributed by atoms with van der Waals surface area (Å²) in [6.07, 6.45) is 0. The average Bonchev–Trinajstić information content (AvgIpc) is 3.95. The largest absolute Gasteiger partial charge is 0.436 e. The standard InChI is InChI=1S/C47H26N4O2/c48-27-28-9-11-29(12-10-28)30-13-19-35(20-14-30)51-40-21-15-33(46-49-44-36-7-3-1-5-31(36)17-23-42(44)52-46)25-38(40)39-26-34(16-22-41(39)51)47-50-45-37-8-4-2-6-32(37)18-24-43(45)53-47/h1-26H. The molecule has 8 aromatic carbocycles. The first-order valence-corrected chi connectivity index (χ1v) is 17.5. The minimum Gasteiger partial charge on any atom is -0.436 e. The molecule has 0 saturated heterocycles. The molecule has 0 unspecified atom stereocenters. The molecule has 0 aliphatic heterocycles. The van der Waals surface area contributed by atoms with E-state index in [0.29, 0.717) is 17.3 Å². The van der Waals surface area contributed by atoms with Gasteiger partial charge in [-0.05, 0) is 94.7 Å². The Kier molecular flexibility index (Phi) is 6.22. The Morgan fingerprint density at radius 2 is 0.925 bits per heavy atom. The van der Waals surface area contributed by atoms with Crippen molar-refractivity contribution in [2.24, 2.45) is 0 Å². The first kappa shape index (κ1) is 29.3. The number of oxazole rings is 2. The lowest BCUT2D eigenvalue weighted by Crippen LogP contribution is -1.94. The van der Waals surface area contributed by atoms with Crippen LogP contribution in [0.15, 0.2) is 167 Å². The highest BCUT2D eigenvalue weighted by atomic mass is 16.4. The molecule has 0 spiro atoms. The Bertz CT molecular complexity index is 3120. The van der Waals surface area contributed by atoms with Crippen LogP contribution in [0.3, 0.4) is 0 Å². The molecular formula is C47H26N4O2. The molecule has 0 N–H and O–H groups in total. The number of rotatable bonds is 4. The van der Waals surface area contributed by atoms with Gasteiger partial charge in [-0.3, -0.25) is 0 Å². The SMILES string of the molecule is N#Cc1ccc(-c2ccc(-n3c4ccc(-c5nc6c(ccc7ccccc76)o5)cc4c4cc(-c5nc6c(ccc7ccccc76)o5)ccc43)cc2)cc1. The number of aromatic nitrogens is 3.